The fourth-order valence-electron chi connectivity index (χ4n) is 4.33. The molecule has 1 amide bonds. The molecule has 4 nitrogen and oxygen atoms in total. The normalized spacial score (nSPS) is 29.5. The SMILES string of the molecule is NC(=O)C1(NCC[C@H]2CC[C@@H](c3ccc(F)cc3Cl)CC2)CCCOC1. The number of halogens is 2. The maximum atomic E-state index is 13.2. The number of ether oxygens (including phenoxy) is 1. The molecule has 2 fully saturated rings. The van der Waals surface area contributed by atoms with Gasteiger partial charge in [0.1, 0.15) is 11.4 Å². The monoisotopic (exact) mass is 382 g/mol. The maximum absolute atomic E-state index is 13.2. The summed E-state index contributed by atoms with van der Waals surface area (Å²) >= 11 is 6.21. The zero-order valence-corrected chi connectivity index (χ0v) is 15.9. The van der Waals surface area contributed by atoms with Crippen LogP contribution in [0.5, 0.6) is 0 Å². The van der Waals surface area contributed by atoms with Crippen LogP contribution in [0.2, 0.25) is 5.02 Å². The van der Waals surface area contributed by atoms with Crippen molar-refractivity contribution < 1.29 is 13.9 Å². The van der Waals surface area contributed by atoms with Gasteiger partial charge in [0.2, 0.25) is 5.91 Å². The molecule has 3 N–H and O–H groups in total. The lowest BCUT2D eigenvalue weighted by Crippen LogP contribution is -2.60. The van der Waals surface area contributed by atoms with Crippen molar-refractivity contribution in [3.8, 4) is 0 Å². The molecule has 1 aromatic carbocycles. The van der Waals surface area contributed by atoms with Crippen molar-refractivity contribution in [3.05, 3.63) is 34.6 Å². The van der Waals surface area contributed by atoms with E-state index in [0.29, 0.717) is 30.1 Å². The van der Waals surface area contributed by atoms with Crippen molar-refractivity contribution >= 4 is 17.5 Å². The molecule has 6 heteroatoms. The van der Waals surface area contributed by atoms with E-state index in [1.54, 1.807) is 0 Å². The first kappa shape index (κ1) is 19.6. The highest BCUT2D eigenvalue weighted by Crippen LogP contribution is 2.39. The summed E-state index contributed by atoms with van der Waals surface area (Å²) in [6.45, 7) is 1.85. The van der Waals surface area contributed by atoms with E-state index in [1.807, 2.05) is 6.07 Å². The van der Waals surface area contributed by atoms with Gasteiger partial charge in [0, 0.05) is 11.6 Å². The van der Waals surface area contributed by atoms with Crippen LogP contribution < -0.4 is 11.1 Å². The van der Waals surface area contributed by atoms with Crippen molar-refractivity contribution in [2.45, 2.75) is 56.4 Å². The van der Waals surface area contributed by atoms with Crippen LogP contribution in [0.25, 0.3) is 0 Å². The summed E-state index contributed by atoms with van der Waals surface area (Å²) in [5, 5.41) is 3.92. The van der Waals surface area contributed by atoms with Gasteiger partial charge >= 0.3 is 0 Å². The van der Waals surface area contributed by atoms with Gasteiger partial charge in [-0.25, -0.2) is 4.39 Å². The highest BCUT2D eigenvalue weighted by molar-refractivity contribution is 6.31. The summed E-state index contributed by atoms with van der Waals surface area (Å²) < 4.78 is 18.7. The van der Waals surface area contributed by atoms with Gasteiger partial charge in [0.05, 0.1) is 6.61 Å². The lowest BCUT2D eigenvalue weighted by atomic mass is 9.77. The van der Waals surface area contributed by atoms with Gasteiger partial charge in [-0.15, -0.1) is 0 Å². The Morgan fingerprint density at radius 1 is 1.35 bits per heavy atom. The van der Waals surface area contributed by atoms with E-state index in [0.717, 1.165) is 57.1 Å². The molecule has 1 aromatic rings. The van der Waals surface area contributed by atoms with Crippen molar-refractivity contribution in [1.82, 2.24) is 5.32 Å². The van der Waals surface area contributed by atoms with Gasteiger partial charge in [-0.3, -0.25) is 4.79 Å². The van der Waals surface area contributed by atoms with Crippen LogP contribution in [0, 0.1) is 11.7 Å². The number of carbonyl (C=O) groups excluding carboxylic acids is 1. The summed E-state index contributed by atoms with van der Waals surface area (Å²) in [7, 11) is 0. The minimum atomic E-state index is -0.697. The number of amides is 1. The van der Waals surface area contributed by atoms with Gasteiger partial charge in [0.25, 0.3) is 0 Å². The highest BCUT2D eigenvalue weighted by atomic mass is 35.5. The molecular weight excluding hydrogens is 355 g/mol. The number of rotatable bonds is 6. The quantitative estimate of drug-likeness (QED) is 0.787. The van der Waals surface area contributed by atoms with Crippen LogP contribution in [0.3, 0.4) is 0 Å². The number of carbonyl (C=O) groups is 1. The standard InChI is InChI=1S/C20H28ClFN2O2/c21-18-12-16(22)6-7-17(18)15-4-2-14(3-5-15)8-10-24-20(19(23)25)9-1-11-26-13-20/h6-7,12,14-15,24H,1-5,8-11,13H2,(H2,23,25)/t14-,15+,20?. The summed E-state index contributed by atoms with van der Waals surface area (Å²) in [6.07, 6.45) is 7.02. The minimum Gasteiger partial charge on any atom is -0.379 e. The third kappa shape index (κ3) is 4.56. The average Bonchev–Trinajstić information content (AvgIpc) is 2.63. The second-order valence-corrected chi connectivity index (χ2v) is 8.11. The Kier molecular flexibility index (Phi) is 6.54. The summed E-state index contributed by atoms with van der Waals surface area (Å²) in [5.74, 6) is 0.448. The second kappa shape index (κ2) is 8.68. The van der Waals surface area contributed by atoms with Gasteiger partial charge in [-0.05, 0) is 81.0 Å². The first-order valence-corrected chi connectivity index (χ1v) is 9.95. The van der Waals surface area contributed by atoms with Crippen molar-refractivity contribution in [2.75, 3.05) is 19.8 Å². The Hall–Kier alpha value is -1.17. The molecular formula is C20H28ClFN2O2. The molecule has 2 aliphatic rings. The predicted molar refractivity (Wildman–Crippen MR) is 101 cm³/mol. The van der Waals surface area contributed by atoms with Crippen LogP contribution >= 0.6 is 11.6 Å². The summed E-state index contributed by atoms with van der Waals surface area (Å²) in [5.41, 5.74) is 5.98. The fourth-order valence-corrected chi connectivity index (χ4v) is 4.65. The number of hydrogen-bond donors (Lipinski definition) is 2. The van der Waals surface area contributed by atoms with Crippen LogP contribution in [0.15, 0.2) is 18.2 Å². The molecule has 144 valence electrons. The molecule has 0 radical (unpaired) electrons. The Labute approximate surface area is 159 Å². The number of nitrogens with one attached hydrogen (secondary N) is 1. The van der Waals surface area contributed by atoms with Crippen LogP contribution in [-0.4, -0.2) is 31.2 Å². The van der Waals surface area contributed by atoms with Gasteiger partial charge in [-0.2, -0.15) is 0 Å². The molecule has 1 atom stereocenters. The second-order valence-electron chi connectivity index (χ2n) is 7.70. The van der Waals surface area contributed by atoms with Gasteiger partial charge in [0.15, 0.2) is 0 Å². The highest BCUT2D eigenvalue weighted by Gasteiger charge is 2.38. The third-order valence-corrected chi connectivity index (χ3v) is 6.30. The molecule has 1 saturated heterocycles. The topological polar surface area (TPSA) is 64.4 Å². The molecule has 0 bridgehead atoms. The smallest absolute Gasteiger partial charge is 0.240 e. The first-order chi connectivity index (χ1) is 12.5. The van der Waals surface area contributed by atoms with E-state index in [1.165, 1.54) is 12.1 Å². The maximum Gasteiger partial charge on any atom is 0.240 e. The van der Waals surface area contributed by atoms with E-state index >= 15 is 0 Å². The van der Waals surface area contributed by atoms with Crippen molar-refractivity contribution in [2.24, 2.45) is 11.7 Å². The largest absolute Gasteiger partial charge is 0.379 e. The van der Waals surface area contributed by atoms with E-state index in [-0.39, 0.29) is 11.7 Å². The first-order valence-electron chi connectivity index (χ1n) is 9.58. The van der Waals surface area contributed by atoms with Crippen LogP contribution in [0.1, 0.15) is 56.4 Å². The number of hydrogen-bond acceptors (Lipinski definition) is 3. The Morgan fingerprint density at radius 2 is 2.12 bits per heavy atom. The molecule has 1 unspecified atom stereocenters. The van der Waals surface area contributed by atoms with Crippen molar-refractivity contribution in [3.63, 3.8) is 0 Å². The van der Waals surface area contributed by atoms with Crippen LogP contribution in [0.4, 0.5) is 4.39 Å². The molecule has 1 heterocycles. The average molecular weight is 383 g/mol. The Morgan fingerprint density at radius 3 is 2.73 bits per heavy atom. The molecule has 1 aliphatic carbocycles. The summed E-state index contributed by atoms with van der Waals surface area (Å²) in [4.78, 5) is 11.9. The minimum absolute atomic E-state index is 0.284. The van der Waals surface area contributed by atoms with Gasteiger partial charge < -0.3 is 15.8 Å². The van der Waals surface area contributed by atoms with E-state index in [4.69, 9.17) is 22.1 Å². The van der Waals surface area contributed by atoms with Crippen LogP contribution in [-0.2, 0) is 9.53 Å². The zero-order valence-electron chi connectivity index (χ0n) is 15.1. The molecule has 0 aromatic heterocycles. The molecule has 1 aliphatic heterocycles. The molecule has 26 heavy (non-hydrogen) atoms. The fraction of sp³-hybridized carbons (Fsp3) is 0.650. The van der Waals surface area contributed by atoms with E-state index < -0.39 is 5.54 Å². The molecule has 3 rings (SSSR count). The van der Waals surface area contributed by atoms with Gasteiger partial charge in [-0.1, -0.05) is 17.7 Å². The zero-order chi connectivity index (χ0) is 18.6. The Bertz CT molecular complexity index is 626. The Balaban J connectivity index is 1.46. The lowest BCUT2D eigenvalue weighted by Gasteiger charge is -2.36. The van der Waals surface area contributed by atoms with E-state index in [9.17, 15) is 9.18 Å². The number of benzene rings is 1. The molecule has 0 spiro atoms. The summed E-state index contributed by atoms with van der Waals surface area (Å²) in [6, 6.07) is 4.72. The predicted octanol–water partition coefficient (Wildman–Crippen LogP) is 3.77. The number of primary amides is 1. The lowest BCUT2D eigenvalue weighted by molar-refractivity contribution is -0.130. The molecule has 1 saturated carbocycles. The number of nitrogens with two attached hydrogens (primary N) is 1. The van der Waals surface area contributed by atoms with Crippen molar-refractivity contribution in [1.29, 1.82) is 0 Å². The van der Waals surface area contributed by atoms with E-state index in [2.05, 4.69) is 5.32 Å². The third-order valence-electron chi connectivity index (χ3n) is 5.98.